The molecule has 0 aliphatic carbocycles. The van der Waals surface area contributed by atoms with Crippen LogP contribution in [-0.4, -0.2) is 41.9 Å². The van der Waals surface area contributed by atoms with Crippen molar-refractivity contribution in [2.75, 3.05) is 19.8 Å². The van der Waals surface area contributed by atoms with Gasteiger partial charge >= 0.3 is 12.3 Å². The number of esters is 1. The predicted molar refractivity (Wildman–Crippen MR) is 84.2 cm³/mol. The highest BCUT2D eigenvalue weighted by atomic mass is 19.4. The summed E-state index contributed by atoms with van der Waals surface area (Å²) >= 11 is 0. The number of halogens is 3. The van der Waals surface area contributed by atoms with Gasteiger partial charge in [0, 0.05) is 32.4 Å². The summed E-state index contributed by atoms with van der Waals surface area (Å²) in [7, 11) is 0. The summed E-state index contributed by atoms with van der Waals surface area (Å²) in [4.78, 5) is 14.4. The SMILES string of the molecule is CC(=O)OC(F)(F)F.CC(C)CCN1C=CN(CCC(C)C)C1. The molecule has 4 nitrogen and oxygen atoms in total. The lowest BCUT2D eigenvalue weighted by Crippen LogP contribution is -2.27. The number of carbonyl (C=O) groups is 1. The molecule has 0 bridgehead atoms. The largest absolute Gasteiger partial charge is 0.575 e. The van der Waals surface area contributed by atoms with Gasteiger partial charge in [-0.15, -0.1) is 13.2 Å². The van der Waals surface area contributed by atoms with E-state index in [4.69, 9.17) is 0 Å². The molecule has 0 saturated heterocycles. The van der Waals surface area contributed by atoms with Crippen molar-refractivity contribution in [2.24, 2.45) is 11.8 Å². The van der Waals surface area contributed by atoms with E-state index in [9.17, 15) is 18.0 Å². The third kappa shape index (κ3) is 14.0. The van der Waals surface area contributed by atoms with E-state index in [1.807, 2.05) is 0 Å². The Labute approximate surface area is 137 Å². The van der Waals surface area contributed by atoms with E-state index in [-0.39, 0.29) is 0 Å². The summed E-state index contributed by atoms with van der Waals surface area (Å²) in [5.41, 5.74) is 0. The van der Waals surface area contributed by atoms with E-state index in [1.54, 1.807) is 0 Å². The molecule has 1 aliphatic rings. The van der Waals surface area contributed by atoms with Crippen LogP contribution in [0.5, 0.6) is 0 Å². The highest BCUT2D eigenvalue weighted by Crippen LogP contribution is 2.15. The first-order chi connectivity index (χ1) is 10.5. The van der Waals surface area contributed by atoms with Crippen LogP contribution in [0, 0.1) is 11.8 Å². The van der Waals surface area contributed by atoms with Crippen LogP contribution in [0.25, 0.3) is 0 Å². The fourth-order valence-corrected chi connectivity index (χ4v) is 1.82. The minimum absolute atomic E-state index is 0.688. The van der Waals surface area contributed by atoms with Gasteiger partial charge in [-0.05, 0) is 24.7 Å². The molecule has 23 heavy (non-hydrogen) atoms. The number of nitrogens with zero attached hydrogens (tertiary/aromatic N) is 2. The number of rotatable bonds is 6. The van der Waals surface area contributed by atoms with Crippen molar-refractivity contribution >= 4 is 5.97 Å². The Kier molecular flexibility index (Phi) is 9.76. The summed E-state index contributed by atoms with van der Waals surface area (Å²) in [6.07, 6.45) is 2.24. The van der Waals surface area contributed by atoms with Crippen LogP contribution in [0.15, 0.2) is 12.4 Å². The molecule has 1 rings (SSSR count). The van der Waals surface area contributed by atoms with Crippen LogP contribution in [0.3, 0.4) is 0 Å². The Morgan fingerprint density at radius 1 is 1.04 bits per heavy atom. The maximum Gasteiger partial charge on any atom is 0.575 e. The minimum atomic E-state index is -4.83. The van der Waals surface area contributed by atoms with Crippen LogP contribution in [0.1, 0.15) is 47.5 Å². The van der Waals surface area contributed by atoms with E-state index >= 15 is 0 Å². The lowest BCUT2D eigenvalue weighted by molar-refractivity contribution is -0.304. The average Bonchev–Trinajstić information content (AvgIpc) is 2.79. The summed E-state index contributed by atoms with van der Waals surface area (Å²) in [6, 6.07) is 0. The third-order valence-corrected chi connectivity index (χ3v) is 3.10. The Morgan fingerprint density at radius 2 is 1.43 bits per heavy atom. The maximum absolute atomic E-state index is 10.9. The first kappa shape index (κ1) is 21.6. The minimum Gasteiger partial charge on any atom is -0.373 e. The van der Waals surface area contributed by atoms with Gasteiger partial charge in [-0.3, -0.25) is 4.79 Å². The van der Waals surface area contributed by atoms with Crippen molar-refractivity contribution in [1.82, 2.24) is 9.80 Å². The zero-order chi connectivity index (χ0) is 18.0. The molecule has 0 saturated carbocycles. The van der Waals surface area contributed by atoms with E-state index in [2.05, 4.69) is 54.6 Å². The van der Waals surface area contributed by atoms with Crippen LogP contribution >= 0.6 is 0 Å². The summed E-state index contributed by atoms with van der Waals surface area (Å²) < 4.78 is 35.4. The van der Waals surface area contributed by atoms with Gasteiger partial charge in [-0.2, -0.15) is 0 Å². The molecule has 7 heteroatoms. The fraction of sp³-hybridized carbons (Fsp3) is 0.812. The molecule has 0 fully saturated rings. The molecular weight excluding hydrogens is 309 g/mol. The second-order valence-electron chi connectivity index (χ2n) is 6.47. The van der Waals surface area contributed by atoms with Crippen LogP contribution in [0.4, 0.5) is 13.2 Å². The maximum atomic E-state index is 10.9. The Bertz CT molecular complexity index is 349. The second-order valence-corrected chi connectivity index (χ2v) is 6.47. The zero-order valence-corrected chi connectivity index (χ0v) is 14.7. The zero-order valence-electron chi connectivity index (χ0n) is 14.7. The Morgan fingerprint density at radius 3 is 1.65 bits per heavy atom. The number of carbonyl (C=O) groups excluding carboxylic acids is 1. The van der Waals surface area contributed by atoms with E-state index in [1.165, 1.54) is 25.9 Å². The van der Waals surface area contributed by atoms with Gasteiger partial charge in [0.25, 0.3) is 0 Å². The lowest BCUT2D eigenvalue weighted by atomic mass is 10.1. The standard InChI is InChI=1S/C13H26N2.C3H3F3O2/c1-12(2)5-7-14-9-10-15(11-14)8-6-13(3)4;1-2(7)8-3(4,5)6/h9-10,12-13H,5-8,11H2,1-4H3;1H3. The number of ether oxygens (including phenoxy) is 1. The van der Waals surface area contributed by atoms with Crippen LogP contribution < -0.4 is 0 Å². The van der Waals surface area contributed by atoms with Gasteiger partial charge in [0.2, 0.25) is 0 Å². The summed E-state index contributed by atoms with van der Waals surface area (Å²) in [5, 5.41) is 0. The van der Waals surface area contributed by atoms with Gasteiger partial charge in [0.1, 0.15) is 0 Å². The highest BCUT2D eigenvalue weighted by molar-refractivity contribution is 5.66. The molecule has 136 valence electrons. The Hall–Kier alpha value is -1.40. The smallest absolute Gasteiger partial charge is 0.373 e. The first-order valence-corrected chi connectivity index (χ1v) is 7.92. The molecule has 0 atom stereocenters. The van der Waals surface area contributed by atoms with Crippen molar-refractivity contribution in [2.45, 2.75) is 53.8 Å². The number of alkyl halides is 3. The topological polar surface area (TPSA) is 32.8 Å². The monoisotopic (exact) mass is 338 g/mol. The van der Waals surface area contributed by atoms with Crippen molar-refractivity contribution in [1.29, 1.82) is 0 Å². The first-order valence-electron chi connectivity index (χ1n) is 7.92. The fourth-order valence-electron chi connectivity index (χ4n) is 1.82. The second kappa shape index (κ2) is 10.4. The molecule has 1 heterocycles. The average molecular weight is 338 g/mol. The number of hydrogen-bond acceptors (Lipinski definition) is 4. The molecule has 0 amide bonds. The normalized spacial score (nSPS) is 14.3. The molecule has 0 N–H and O–H groups in total. The molecule has 0 aromatic rings. The van der Waals surface area contributed by atoms with Crippen LogP contribution in [0.2, 0.25) is 0 Å². The molecule has 0 aromatic carbocycles. The van der Waals surface area contributed by atoms with E-state index in [0.29, 0.717) is 6.92 Å². The van der Waals surface area contributed by atoms with Crippen molar-refractivity contribution < 1.29 is 22.7 Å². The molecular formula is C16H29F3N2O2. The van der Waals surface area contributed by atoms with Crippen molar-refractivity contribution in [3.63, 3.8) is 0 Å². The molecule has 0 aromatic heterocycles. The van der Waals surface area contributed by atoms with Gasteiger partial charge < -0.3 is 14.5 Å². The van der Waals surface area contributed by atoms with Gasteiger partial charge in [-0.1, -0.05) is 27.7 Å². The van der Waals surface area contributed by atoms with E-state index in [0.717, 1.165) is 18.5 Å². The Balaban J connectivity index is 0.000000515. The van der Waals surface area contributed by atoms with Crippen molar-refractivity contribution in [3.8, 4) is 0 Å². The highest BCUT2D eigenvalue weighted by Gasteiger charge is 2.32. The molecule has 0 radical (unpaired) electrons. The lowest BCUT2D eigenvalue weighted by Gasteiger charge is -2.22. The number of hydrogen-bond donors (Lipinski definition) is 0. The quantitative estimate of drug-likeness (QED) is 0.680. The predicted octanol–water partition coefficient (Wildman–Crippen LogP) is 4.19. The third-order valence-electron chi connectivity index (χ3n) is 3.10. The molecule has 0 spiro atoms. The van der Waals surface area contributed by atoms with Crippen LogP contribution in [-0.2, 0) is 9.53 Å². The molecule has 1 aliphatic heterocycles. The summed E-state index contributed by atoms with van der Waals surface area (Å²) in [5.74, 6) is 0.267. The molecule has 0 unspecified atom stereocenters. The van der Waals surface area contributed by atoms with Crippen molar-refractivity contribution in [3.05, 3.63) is 12.4 Å². The van der Waals surface area contributed by atoms with Gasteiger partial charge in [0.15, 0.2) is 0 Å². The summed E-state index contributed by atoms with van der Waals surface area (Å²) in [6.45, 7) is 13.3. The van der Waals surface area contributed by atoms with Gasteiger partial charge in [0.05, 0.1) is 6.67 Å². The van der Waals surface area contributed by atoms with Gasteiger partial charge in [-0.25, -0.2) is 0 Å². The van der Waals surface area contributed by atoms with E-state index < -0.39 is 12.3 Å².